The molecule has 7 heteroatoms. The summed E-state index contributed by atoms with van der Waals surface area (Å²) in [6, 6.07) is 10.0. The third-order valence-electron chi connectivity index (χ3n) is 4.42. The molecule has 1 saturated heterocycles. The number of nitrogens with zero attached hydrogens (tertiary/aromatic N) is 3. The molecule has 1 aromatic heterocycles. The van der Waals surface area contributed by atoms with Crippen LogP contribution in [0.25, 0.3) is 0 Å². The van der Waals surface area contributed by atoms with Crippen LogP contribution in [0.15, 0.2) is 41.8 Å². The number of likely N-dealkylation sites (N-methyl/N-ethyl adjacent to an activating group) is 1. The summed E-state index contributed by atoms with van der Waals surface area (Å²) < 4.78 is 13.0. The van der Waals surface area contributed by atoms with Crippen molar-refractivity contribution in [3.63, 3.8) is 0 Å². The van der Waals surface area contributed by atoms with Gasteiger partial charge in [-0.25, -0.2) is 4.39 Å². The molecule has 1 aromatic carbocycles. The molecule has 2 heterocycles. The van der Waals surface area contributed by atoms with Crippen LogP contribution in [-0.2, 0) is 11.3 Å². The number of hydrogen-bond acceptors (Lipinski definition) is 4. The van der Waals surface area contributed by atoms with E-state index in [1.807, 2.05) is 29.5 Å². The van der Waals surface area contributed by atoms with Gasteiger partial charge in [-0.1, -0.05) is 18.2 Å². The maximum absolute atomic E-state index is 13.0. The van der Waals surface area contributed by atoms with Crippen molar-refractivity contribution in [2.75, 3.05) is 39.8 Å². The van der Waals surface area contributed by atoms with E-state index in [-0.39, 0.29) is 17.6 Å². The maximum Gasteiger partial charge on any atom is 0.264 e. The van der Waals surface area contributed by atoms with Gasteiger partial charge in [0, 0.05) is 32.7 Å². The monoisotopic (exact) mass is 375 g/mol. The second-order valence-electron chi connectivity index (χ2n) is 6.45. The van der Waals surface area contributed by atoms with Crippen molar-refractivity contribution in [1.82, 2.24) is 14.7 Å². The highest BCUT2D eigenvalue weighted by molar-refractivity contribution is 7.12. The first-order valence-electron chi connectivity index (χ1n) is 8.56. The summed E-state index contributed by atoms with van der Waals surface area (Å²) in [5.74, 6) is -0.166. The molecule has 138 valence electrons. The van der Waals surface area contributed by atoms with Gasteiger partial charge in [-0.05, 0) is 36.2 Å². The first-order chi connectivity index (χ1) is 12.5. The highest BCUT2D eigenvalue weighted by atomic mass is 32.1. The van der Waals surface area contributed by atoms with Crippen LogP contribution in [0.4, 0.5) is 4.39 Å². The predicted molar refractivity (Wildman–Crippen MR) is 99.5 cm³/mol. The Kier molecular flexibility index (Phi) is 6.00. The van der Waals surface area contributed by atoms with Crippen LogP contribution in [0.1, 0.15) is 15.2 Å². The van der Waals surface area contributed by atoms with Crippen molar-refractivity contribution < 1.29 is 14.0 Å². The second-order valence-corrected chi connectivity index (χ2v) is 7.40. The Bertz CT molecular complexity index is 741. The molecule has 1 fully saturated rings. The second kappa shape index (κ2) is 8.42. The SMILES string of the molecule is CN(CC(=O)N1CCN(C(=O)c2cccs2)CC1)Cc1ccc(F)cc1. The van der Waals surface area contributed by atoms with E-state index in [1.54, 1.807) is 21.9 Å². The van der Waals surface area contributed by atoms with Gasteiger partial charge in [0.25, 0.3) is 5.91 Å². The number of halogens is 1. The number of thiophene rings is 1. The molecule has 3 rings (SSSR count). The van der Waals surface area contributed by atoms with E-state index in [0.29, 0.717) is 39.3 Å². The minimum Gasteiger partial charge on any atom is -0.338 e. The zero-order valence-corrected chi connectivity index (χ0v) is 15.5. The lowest BCUT2D eigenvalue weighted by Crippen LogP contribution is -2.52. The van der Waals surface area contributed by atoms with Crippen molar-refractivity contribution in [2.24, 2.45) is 0 Å². The number of amides is 2. The van der Waals surface area contributed by atoms with E-state index in [9.17, 15) is 14.0 Å². The fourth-order valence-electron chi connectivity index (χ4n) is 3.00. The standard InChI is InChI=1S/C19H22FN3O2S/c1-21(13-15-4-6-16(20)7-5-15)14-18(24)22-8-10-23(11-9-22)19(25)17-3-2-12-26-17/h2-7,12H,8-11,13-14H2,1H3. The zero-order chi connectivity index (χ0) is 18.5. The molecular formula is C19H22FN3O2S. The van der Waals surface area contributed by atoms with E-state index in [2.05, 4.69) is 0 Å². The van der Waals surface area contributed by atoms with Crippen LogP contribution in [-0.4, -0.2) is 66.3 Å². The van der Waals surface area contributed by atoms with Gasteiger partial charge < -0.3 is 9.80 Å². The zero-order valence-electron chi connectivity index (χ0n) is 14.7. The Morgan fingerprint density at radius 2 is 1.73 bits per heavy atom. The highest BCUT2D eigenvalue weighted by Gasteiger charge is 2.25. The molecule has 0 saturated carbocycles. The normalized spacial score (nSPS) is 14.7. The van der Waals surface area contributed by atoms with Crippen LogP contribution in [0.5, 0.6) is 0 Å². The van der Waals surface area contributed by atoms with Crippen LogP contribution in [0, 0.1) is 5.82 Å². The summed E-state index contributed by atoms with van der Waals surface area (Å²) in [6.45, 7) is 3.12. The molecule has 0 unspecified atom stereocenters. The summed E-state index contributed by atoms with van der Waals surface area (Å²) in [6.07, 6.45) is 0. The van der Waals surface area contributed by atoms with Crippen molar-refractivity contribution in [1.29, 1.82) is 0 Å². The number of hydrogen-bond donors (Lipinski definition) is 0. The molecule has 2 amide bonds. The lowest BCUT2D eigenvalue weighted by Gasteiger charge is -2.35. The predicted octanol–water partition coefficient (Wildman–Crippen LogP) is 2.30. The number of rotatable bonds is 5. The molecule has 0 spiro atoms. The molecule has 0 aliphatic carbocycles. The minimum absolute atomic E-state index is 0.0422. The molecule has 1 aliphatic heterocycles. The van der Waals surface area contributed by atoms with Gasteiger partial charge in [0.1, 0.15) is 5.82 Å². The van der Waals surface area contributed by atoms with Gasteiger partial charge in [-0.2, -0.15) is 0 Å². The number of piperazine rings is 1. The topological polar surface area (TPSA) is 43.9 Å². The Morgan fingerprint density at radius 3 is 2.35 bits per heavy atom. The molecule has 0 radical (unpaired) electrons. The summed E-state index contributed by atoms with van der Waals surface area (Å²) in [5.41, 5.74) is 0.966. The van der Waals surface area contributed by atoms with Crippen molar-refractivity contribution >= 4 is 23.2 Å². The molecule has 0 bridgehead atoms. The molecule has 5 nitrogen and oxygen atoms in total. The van der Waals surface area contributed by atoms with Gasteiger partial charge >= 0.3 is 0 Å². The van der Waals surface area contributed by atoms with Crippen molar-refractivity contribution in [2.45, 2.75) is 6.54 Å². The number of carbonyl (C=O) groups is 2. The number of benzene rings is 1. The summed E-state index contributed by atoms with van der Waals surface area (Å²) in [5, 5.41) is 1.89. The van der Waals surface area contributed by atoms with E-state index in [0.717, 1.165) is 10.4 Å². The highest BCUT2D eigenvalue weighted by Crippen LogP contribution is 2.14. The van der Waals surface area contributed by atoms with Gasteiger partial charge in [0.15, 0.2) is 0 Å². The van der Waals surface area contributed by atoms with Gasteiger partial charge in [0.05, 0.1) is 11.4 Å². The molecular weight excluding hydrogens is 353 g/mol. The first kappa shape index (κ1) is 18.5. The third-order valence-corrected chi connectivity index (χ3v) is 5.28. The fraction of sp³-hybridized carbons (Fsp3) is 0.368. The summed E-state index contributed by atoms with van der Waals surface area (Å²) >= 11 is 1.44. The van der Waals surface area contributed by atoms with Crippen LogP contribution in [0.2, 0.25) is 0 Å². The largest absolute Gasteiger partial charge is 0.338 e. The molecule has 2 aromatic rings. The Balaban J connectivity index is 1.46. The van der Waals surface area contributed by atoms with E-state index in [4.69, 9.17) is 0 Å². The summed E-state index contributed by atoms with van der Waals surface area (Å²) in [4.78, 5) is 31.1. The van der Waals surface area contributed by atoms with Crippen molar-refractivity contribution in [3.05, 3.63) is 58.0 Å². The Morgan fingerprint density at radius 1 is 1.08 bits per heavy atom. The lowest BCUT2D eigenvalue weighted by molar-refractivity contribution is -0.133. The lowest BCUT2D eigenvalue weighted by atomic mass is 10.2. The Hall–Kier alpha value is -2.25. The van der Waals surface area contributed by atoms with Crippen LogP contribution < -0.4 is 0 Å². The molecule has 1 aliphatic rings. The average molecular weight is 375 g/mol. The van der Waals surface area contributed by atoms with Crippen LogP contribution >= 0.6 is 11.3 Å². The number of carbonyl (C=O) groups excluding carboxylic acids is 2. The average Bonchev–Trinajstić information content (AvgIpc) is 3.18. The van der Waals surface area contributed by atoms with E-state index in [1.165, 1.54) is 23.5 Å². The quantitative estimate of drug-likeness (QED) is 0.806. The first-order valence-corrected chi connectivity index (χ1v) is 9.44. The van der Waals surface area contributed by atoms with Crippen molar-refractivity contribution in [3.8, 4) is 0 Å². The van der Waals surface area contributed by atoms with E-state index >= 15 is 0 Å². The Labute approximate surface area is 156 Å². The van der Waals surface area contributed by atoms with Crippen LogP contribution in [0.3, 0.4) is 0 Å². The summed E-state index contributed by atoms with van der Waals surface area (Å²) in [7, 11) is 1.87. The molecule has 26 heavy (non-hydrogen) atoms. The van der Waals surface area contributed by atoms with Gasteiger partial charge in [0.2, 0.25) is 5.91 Å². The minimum atomic E-state index is -0.262. The van der Waals surface area contributed by atoms with Gasteiger partial charge in [-0.3, -0.25) is 14.5 Å². The third kappa shape index (κ3) is 4.68. The molecule has 0 N–H and O–H groups in total. The maximum atomic E-state index is 13.0. The smallest absolute Gasteiger partial charge is 0.264 e. The fourth-order valence-corrected chi connectivity index (χ4v) is 3.69. The van der Waals surface area contributed by atoms with Gasteiger partial charge in [-0.15, -0.1) is 11.3 Å². The van der Waals surface area contributed by atoms with E-state index < -0.39 is 0 Å². The molecule has 0 atom stereocenters.